The van der Waals surface area contributed by atoms with Gasteiger partial charge in [0.15, 0.2) is 9.84 Å². The SMILES string of the molecule is CCS(=O)(=O)c1cccc(-c2cc(C(=O)NC3CCN(C(=O)OC(C)(C)C)CC3)c(C)c3[nH]c4ncc(C)cc4c23)c1. The third-order valence-electron chi connectivity index (χ3n) is 7.73. The van der Waals surface area contributed by atoms with E-state index in [9.17, 15) is 18.0 Å². The van der Waals surface area contributed by atoms with Crippen LogP contribution in [0.15, 0.2) is 47.5 Å². The topological polar surface area (TPSA) is 121 Å². The molecular weight excluding hydrogens is 552 g/mol. The first-order valence-electron chi connectivity index (χ1n) is 14.3. The van der Waals surface area contributed by atoms with Gasteiger partial charge in [-0.05, 0) is 94.0 Å². The smallest absolute Gasteiger partial charge is 0.410 e. The van der Waals surface area contributed by atoms with Gasteiger partial charge in [0, 0.05) is 41.7 Å². The van der Waals surface area contributed by atoms with Gasteiger partial charge in [0.25, 0.3) is 5.91 Å². The van der Waals surface area contributed by atoms with Gasteiger partial charge in [0.05, 0.1) is 16.2 Å². The van der Waals surface area contributed by atoms with Gasteiger partial charge in [-0.2, -0.15) is 0 Å². The Morgan fingerprint density at radius 3 is 2.50 bits per heavy atom. The highest BCUT2D eigenvalue weighted by atomic mass is 32.2. The maximum atomic E-state index is 13.8. The fourth-order valence-corrected chi connectivity index (χ4v) is 6.40. The van der Waals surface area contributed by atoms with Crippen molar-refractivity contribution in [3.05, 3.63) is 59.3 Å². The Balaban J connectivity index is 1.52. The van der Waals surface area contributed by atoms with E-state index < -0.39 is 15.4 Å². The summed E-state index contributed by atoms with van der Waals surface area (Å²) in [4.78, 5) is 36.2. The summed E-state index contributed by atoms with van der Waals surface area (Å²) >= 11 is 0. The van der Waals surface area contributed by atoms with Crippen molar-refractivity contribution in [2.24, 2.45) is 0 Å². The molecule has 0 unspecified atom stereocenters. The van der Waals surface area contributed by atoms with Crippen molar-refractivity contribution in [1.29, 1.82) is 0 Å². The van der Waals surface area contributed by atoms with Gasteiger partial charge >= 0.3 is 6.09 Å². The number of pyridine rings is 1. The van der Waals surface area contributed by atoms with Gasteiger partial charge in [-0.3, -0.25) is 4.79 Å². The molecule has 0 aliphatic carbocycles. The molecule has 9 nitrogen and oxygen atoms in total. The van der Waals surface area contributed by atoms with Gasteiger partial charge in [-0.15, -0.1) is 0 Å². The van der Waals surface area contributed by atoms with Gasteiger partial charge in [-0.25, -0.2) is 18.2 Å². The van der Waals surface area contributed by atoms with Crippen LogP contribution >= 0.6 is 0 Å². The number of benzene rings is 2. The number of ether oxygens (including phenoxy) is 1. The Kier molecular flexibility index (Phi) is 7.78. The summed E-state index contributed by atoms with van der Waals surface area (Å²) in [6.07, 6.45) is 2.68. The highest BCUT2D eigenvalue weighted by Crippen LogP contribution is 2.38. The zero-order valence-corrected chi connectivity index (χ0v) is 25.8. The number of hydrogen-bond acceptors (Lipinski definition) is 6. The second-order valence-electron chi connectivity index (χ2n) is 12.0. The summed E-state index contributed by atoms with van der Waals surface area (Å²) < 4.78 is 30.9. The standard InChI is InChI=1S/C32H38N4O5S/c1-7-42(39,40)23-10-8-9-21(16-23)25-17-24(20(3)28-27(25)26-15-19(2)18-33-29(26)35-28)30(37)34-22-11-13-36(14-12-22)31(38)41-32(4,5)6/h8-10,15-18,22H,7,11-14H2,1-6H3,(H,33,35)(H,34,37). The lowest BCUT2D eigenvalue weighted by Gasteiger charge is -2.33. The molecule has 2 aromatic heterocycles. The van der Waals surface area contributed by atoms with Crippen LogP contribution in [0.5, 0.6) is 0 Å². The minimum Gasteiger partial charge on any atom is -0.444 e. The Hall–Kier alpha value is -3.92. The lowest BCUT2D eigenvalue weighted by Crippen LogP contribution is -2.47. The number of carbonyl (C=O) groups is 2. The lowest BCUT2D eigenvalue weighted by atomic mass is 9.93. The molecular formula is C32H38N4O5S. The highest BCUT2D eigenvalue weighted by molar-refractivity contribution is 7.91. The largest absolute Gasteiger partial charge is 0.444 e. The molecule has 0 atom stereocenters. The summed E-state index contributed by atoms with van der Waals surface area (Å²) in [6, 6.07) is 10.7. The zero-order chi connectivity index (χ0) is 30.4. The van der Waals surface area contributed by atoms with E-state index in [2.05, 4.69) is 21.4 Å². The van der Waals surface area contributed by atoms with Crippen LogP contribution < -0.4 is 5.32 Å². The first kappa shape index (κ1) is 29.6. The summed E-state index contributed by atoms with van der Waals surface area (Å²) in [5.41, 5.74) is 4.66. The minimum atomic E-state index is -3.43. The van der Waals surface area contributed by atoms with Crippen LogP contribution in [0.3, 0.4) is 0 Å². The van der Waals surface area contributed by atoms with E-state index in [0.717, 1.165) is 33.0 Å². The number of fused-ring (bicyclic) bond motifs is 3. The number of nitrogens with one attached hydrogen (secondary N) is 2. The molecule has 3 heterocycles. The molecule has 0 saturated carbocycles. The predicted molar refractivity (Wildman–Crippen MR) is 165 cm³/mol. The monoisotopic (exact) mass is 590 g/mol. The fraction of sp³-hybridized carbons (Fsp3) is 0.406. The molecule has 5 rings (SSSR count). The number of amides is 2. The average molecular weight is 591 g/mol. The molecule has 2 aromatic carbocycles. The molecule has 1 fully saturated rings. The van der Waals surface area contributed by atoms with Crippen LogP contribution in [0, 0.1) is 13.8 Å². The number of sulfone groups is 1. The van der Waals surface area contributed by atoms with Gasteiger partial charge in [0.1, 0.15) is 11.2 Å². The normalized spacial score (nSPS) is 14.9. The fourth-order valence-electron chi connectivity index (χ4n) is 5.48. The Morgan fingerprint density at radius 1 is 1.12 bits per heavy atom. The Bertz CT molecular complexity index is 1800. The predicted octanol–water partition coefficient (Wildman–Crippen LogP) is 5.92. The number of likely N-dealkylation sites (tertiary alicyclic amines) is 1. The van der Waals surface area contributed by atoms with Crippen molar-refractivity contribution in [3.63, 3.8) is 0 Å². The zero-order valence-electron chi connectivity index (χ0n) is 25.0. The Morgan fingerprint density at radius 2 is 1.83 bits per heavy atom. The number of carbonyl (C=O) groups excluding carboxylic acids is 2. The number of nitrogens with zero attached hydrogens (tertiary/aromatic N) is 2. The summed E-state index contributed by atoms with van der Waals surface area (Å²) in [5.74, 6) is -0.220. The first-order valence-corrected chi connectivity index (χ1v) is 16.0. The summed E-state index contributed by atoms with van der Waals surface area (Å²) in [5, 5.41) is 4.98. The summed E-state index contributed by atoms with van der Waals surface area (Å²) in [7, 11) is -3.43. The van der Waals surface area contributed by atoms with Gasteiger partial charge < -0.3 is 19.9 Å². The molecule has 1 aliphatic rings. The van der Waals surface area contributed by atoms with E-state index >= 15 is 0 Å². The first-order chi connectivity index (χ1) is 19.8. The van der Waals surface area contributed by atoms with Crippen LogP contribution in [0.25, 0.3) is 33.1 Å². The number of aryl methyl sites for hydroxylation is 2. The summed E-state index contributed by atoms with van der Waals surface area (Å²) in [6.45, 7) is 12.0. The third-order valence-corrected chi connectivity index (χ3v) is 9.47. The van der Waals surface area contributed by atoms with E-state index in [1.165, 1.54) is 0 Å². The minimum absolute atomic E-state index is 0.00361. The second-order valence-corrected chi connectivity index (χ2v) is 14.3. The van der Waals surface area contributed by atoms with E-state index in [4.69, 9.17) is 4.74 Å². The van der Waals surface area contributed by atoms with Crippen LogP contribution in [0.4, 0.5) is 4.79 Å². The van der Waals surface area contributed by atoms with Crippen molar-refractivity contribution in [2.45, 2.75) is 70.9 Å². The van der Waals surface area contributed by atoms with Crippen molar-refractivity contribution in [1.82, 2.24) is 20.2 Å². The molecule has 0 bridgehead atoms. The number of piperidine rings is 1. The van der Waals surface area contributed by atoms with E-state index in [-0.39, 0.29) is 28.7 Å². The Labute approximate surface area is 246 Å². The van der Waals surface area contributed by atoms with Crippen molar-refractivity contribution < 1.29 is 22.7 Å². The third kappa shape index (κ3) is 5.86. The average Bonchev–Trinajstić information content (AvgIpc) is 3.32. The molecule has 1 saturated heterocycles. The van der Waals surface area contributed by atoms with Gasteiger partial charge in [0.2, 0.25) is 0 Å². The number of H-pyrrole nitrogens is 1. The highest BCUT2D eigenvalue weighted by Gasteiger charge is 2.29. The van der Waals surface area contributed by atoms with Crippen LogP contribution in [-0.4, -0.2) is 65.8 Å². The number of aromatic nitrogens is 2. The number of rotatable bonds is 5. The van der Waals surface area contributed by atoms with E-state index in [1.54, 1.807) is 36.2 Å². The molecule has 2 amide bonds. The van der Waals surface area contributed by atoms with Crippen molar-refractivity contribution in [3.8, 4) is 11.1 Å². The number of hydrogen-bond donors (Lipinski definition) is 2. The van der Waals surface area contributed by atoms with Crippen molar-refractivity contribution in [2.75, 3.05) is 18.8 Å². The molecule has 10 heteroatoms. The molecule has 222 valence electrons. The molecule has 0 spiro atoms. The maximum absolute atomic E-state index is 13.8. The lowest BCUT2D eigenvalue weighted by molar-refractivity contribution is 0.0199. The van der Waals surface area contributed by atoms with Crippen LogP contribution in [0.1, 0.15) is 62.0 Å². The number of aromatic amines is 1. The van der Waals surface area contributed by atoms with E-state index in [0.29, 0.717) is 42.7 Å². The van der Waals surface area contributed by atoms with E-state index in [1.807, 2.05) is 46.8 Å². The molecule has 2 N–H and O–H groups in total. The van der Waals surface area contributed by atoms with Gasteiger partial charge in [-0.1, -0.05) is 19.1 Å². The molecule has 42 heavy (non-hydrogen) atoms. The molecule has 0 radical (unpaired) electrons. The second kappa shape index (κ2) is 11.1. The van der Waals surface area contributed by atoms with Crippen LogP contribution in [-0.2, 0) is 14.6 Å². The quantitative estimate of drug-likeness (QED) is 0.298. The van der Waals surface area contributed by atoms with Crippen LogP contribution in [0.2, 0.25) is 0 Å². The molecule has 1 aliphatic heterocycles. The maximum Gasteiger partial charge on any atom is 0.410 e. The molecule has 4 aromatic rings. The van der Waals surface area contributed by atoms with Crippen molar-refractivity contribution >= 4 is 43.8 Å².